The normalized spacial score (nSPS) is 33.3. The predicted octanol–water partition coefficient (Wildman–Crippen LogP) is 1.27. The molecule has 10 heavy (non-hydrogen) atoms. The molecule has 2 unspecified atom stereocenters. The van der Waals surface area contributed by atoms with Gasteiger partial charge >= 0.3 is 0 Å². The highest BCUT2D eigenvalue weighted by Gasteiger charge is 2.20. The van der Waals surface area contributed by atoms with Gasteiger partial charge in [-0.1, -0.05) is 31.7 Å². The van der Waals surface area contributed by atoms with Gasteiger partial charge in [0.1, 0.15) is 0 Å². The van der Waals surface area contributed by atoms with Crippen LogP contribution in [0.2, 0.25) is 0 Å². The zero-order valence-corrected chi connectivity index (χ0v) is 6.21. The number of nitrogens with one attached hydrogen (secondary N) is 1. The smallest absolute Gasteiger partial charge is 0.0726 e. The molecule has 0 aromatic rings. The Morgan fingerprint density at radius 1 is 1.70 bits per heavy atom. The van der Waals surface area contributed by atoms with Crippen molar-refractivity contribution in [1.29, 1.82) is 0 Å². The standard InChI is InChI=1S/C8H13NO/c1-3-4-5-8-7(2)6-10-9-8/h3-5,7-9H,1,6H2,2H3. The molecule has 0 aliphatic carbocycles. The van der Waals surface area contributed by atoms with Crippen molar-refractivity contribution in [1.82, 2.24) is 5.48 Å². The fourth-order valence-electron chi connectivity index (χ4n) is 0.923. The summed E-state index contributed by atoms with van der Waals surface area (Å²) in [6.45, 7) is 6.54. The van der Waals surface area contributed by atoms with Gasteiger partial charge in [0.15, 0.2) is 0 Å². The number of hydrogen-bond donors (Lipinski definition) is 1. The summed E-state index contributed by atoms with van der Waals surface area (Å²) >= 11 is 0. The lowest BCUT2D eigenvalue weighted by atomic mass is 10.1. The molecule has 0 amide bonds. The van der Waals surface area contributed by atoms with E-state index < -0.39 is 0 Å². The molecule has 0 bridgehead atoms. The maximum atomic E-state index is 5.03. The van der Waals surface area contributed by atoms with Crippen LogP contribution in [0.5, 0.6) is 0 Å². The van der Waals surface area contributed by atoms with Gasteiger partial charge in [-0.05, 0) is 0 Å². The Balaban J connectivity index is 2.39. The van der Waals surface area contributed by atoms with E-state index in [1.807, 2.05) is 6.08 Å². The van der Waals surface area contributed by atoms with Crippen LogP contribution < -0.4 is 5.48 Å². The second kappa shape index (κ2) is 3.54. The summed E-state index contributed by atoms with van der Waals surface area (Å²) in [5, 5.41) is 0. The topological polar surface area (TPSA) is 21.3 Å². The van der Waals surface area contributed by atoms with Crippen molar-refractivity contribution in [3.8, 4) is 0 Å². The van der Waals surface area contributed by atoms with E-state index >= 15 is 0 Å². The number of rotatable bonds is 2. The minimum absolute atomic E-state index is 0.359. The summed E-state index contributed by atoms with van der Waals surface area (Å²) in [6, 6.07) is 0.359. The van der Waals surface area contributed by atoms with Crippen molar-refractivity contribution in [3.05, 3.63) is 24.8 Å². The summed E-state index contributed by atoms with van der Waals surface area (Å²) < 4.78 is 0. The molecular formula is C8H13NO. The fourth-order valence-corrected chi connectivity index (χ4v) is 0.923. The van der Waals surface area contributed by atoms with E-state index in [1.54, 1.807) is 6.08 Å². The van der Waals surface area contributed by atoms with Crippen LogP contribution in [0.4, 0.5) is 0 Å². The van der Waals surface area contributed by atoms with Crippen molar-refractivity contribution < 1.29 is 4.84 Å². The summed E-state index contributed by atoms with van der Waals surface area (Å²) in [7, 11) is 0. The van der Waals surface area contributed by atoms with Gasteiger partial charge in [0.2, 0.25) is 0 Å². The van der Waals surface area contributed by atoms with Crippen molar-refractivity contribution in [2.75, 3.05) is 6.61 Å². The molecule has 1 fully saturated rings. The Kier molecular flexibility index (Phi) is 2.66. The fraction of sp³-hybridized carbons (Fsp3) is 0.500. The second-order valence-electron chi connectivity index (χ2n) is 2.55. The number of allylic oxidation sites excluding steroid dienone is 2. The lowest BCUT2D eigenvalue weighted by Gasteiger charge is -2.05. The van der Waals surface area contributed by atoms with Crippen molar-refractivity contribution in [2.45, 2.75) is 13.0 Å². The average Bonchev–Trinajstić information content (AvgIpc) is 2.31. The van der Waals surface area contributed by atoms with Gasteiger partial charge in [-0.25, -0.2) is 0 Å². The summed E-state index contributed by atoms with van der Waals surface area (Å²) in [5.41, 5.74) is 2.91. The number of hydrogen-bond acceptors (Lipinski definition) is 2. The van der Waals surface area contributed by atoms with E-state index in [9.17, 15) is 0 Å². The predicted molar refractivity (Wildman–Crippen MR) is 41.4 cm³/mol. The molecule has 0 spiro atoms. The molecule has 0 aromatic carbocycles. The Labute approximate surface area is 61.5 Å². The van der Waals surface area contributed by atoms with Crippen LogP contribution in [0.25, 0.3) is 0 Å². The van der Waals surface area contributed by atoms with E-state index in [1.165, 1.54) is 0 Å². The number of hydroxylamine groups is 1. The van der Waals surface area contributed by atoms with E-state index in [-0.39, 0.29) is 0 Å². The molecule has 1 aliphatic rings. The summed E-state index contributed by atoms with van der Waals surface area (Å²) in [4.78, 5) is 5.03. The van der Waals surface area contributed by atoms with E-state index in [0.717, 1.165) is 6.61 Å². The molecule has 1 N–H and O–H groups in total. The molecule has 1 rings (SSSR count). The van der Waals surface area contributed by atoms with Crippen LogP contribution in [-0.2, 0) is 4.84 Å². The quantitative estimate of drug-likeness (QED) is 0.582. The molecule has 2 nitrogen and oxygen atoms in total. The van der Waals surface area contributed by atoms with Gasteiger partial charge in [0.05, 0.1) is 12.6 Å². The Hall–Kier alpha value is -0.600. The van der Waals surface area contributed by atoms with Gasteiger partial charge in [-0.15, -0.1) is 0 Å². The second-order valence-corrected chi connectivity index (χ2v) is 2.55. The third kappa shape index (κ3) is 1.69. The summed E-state index contributed by atoms with van der Waals surface area (Å²) in [5.74, 6) is 0.566. The summed E-state index contributed by atoms with van der Waals surface area (Å²) in [6.07, 6.45) is 5.76. The first-order valence-electron chi connectivity index (χ1n) is 3.51. The molecule has 1 heterocycles. The zero-order chi connectivity index (χ0) is 7.40. The molecule has 0 aromatic heterocycles. The molecule has 56 valence electrons. The van der Waals surface area contributed by atoms with Crippen LogP contribution in [0.1, 0.15) is 6.92 Å². The highest BCUT2D eigenvalue weighted by molar-refractivity contribution is 5.04. The average molecular weight is 139 g/mol. The molecule has 0 radical (unpaired) electrons. The maximum absolute atomic E-state index is 5.03. The third-order valence-corrected chi connectivity index (χ3v) is 1.63. The van der Waals surface area contributed by atoms with E-state index in [0.29, 0.717) is 12.0 Å². The first-order valence-corrected chi connectivity index (χ1v) is 3.51. The highest BCUT2D eigenvalue weighted by atomic mass is 16.7. The van der Waals surface area contributed by atoms with Gasteiger partial charge in [0.25, 0.3) is 0 Å². The van der Waals surface area contributed by atoms with Gasteiger partial charge in [-0.3, -0.25) is 0 Å². The molecule has 2 atom stereocenters. The Bertz CT molecular complexity index is 142. The van der Waals surface area contributed by atoms with E-state index in [4.69, 9.17) is 4.84 Å². The van der Waals surface area contributed by atoms with Crippen LogP contribution in [-0.4, -0.2) is 12.6 Å². The Morgan fingerprint density at radius 2 is 2.50 bits per heavy atom. The molecular weight excluding hydrogens is 126 g/mol. The van der Waals surface area contributed by atoms with E-state index in [2.05, 4.69) is 25.1 Å². The molecule has 1 aliphatic heterocycles. The molecule has 2 heteroatoms. The highest BCUT2D eigenvalue weighted by Crippen LogP contribution is 2.10. The van der Waals surface area contributed by atoms with Crippen molar-refractivity contribution in [3.63, 3.8) is 0 Å². The maximum Gasteiger partial charge on any atom is 0.0726 e. The van der Waals surface area contributed by atoms with Crippen molar-refractivity contribution in [2.24, 2.45) is 5.92 Å². The van der Waals surface area contributed by atoms with Crippen molar-refractivity contribution >= 4 is 0 Å². The third-order valence-electron chi connectivity index (χ3n) is 1.63. The zero-order valence-electron chi connectivity index (χ0n) is 6.21. The first kappa shape index (κ1) is 7.51. The van der Waals surface area contributed by atoms with Crippen LogP contribution >= 0.6 is 0 Å². The Morgan fingerprint density at radius 3 is 3.00 bits per heavy atom. The molecule has 1 saturated heterocycles. The minimum Gasteiger partial charge on any atom is -0.301 e. The first-order chi connectivity index (χ1) is 4.84. The molecule has 0 saturated carbocycles. The largest absolute Gasteiger partial charge is 0.301 e. The SMILES string of the molecule is C=CC=CC1NOCC1C. The van der Waals surface area contributed by atoms with Crippen LogP contribution in [0.15, 0.2) is 24.8 Å². The lowest BCUT2D eigenvalue weighted by molar-refractivity contribution is 0.0916. The van der Waals surface area contributed by atoms with Crippen LogP contribution in [0, 0.1) is 5.92 Å². The van der Waals surface area contributed by atoms with Gasteiger partial charge < -0.3 is 4.84 Å². The minimum atomic E-state index is 0.359. The van der Waals surface area contributed by atoms with Crippen LogP contribution in [0.3, 0.4) is 0 Å². The lowest BCUT2D eigenvalue weighted by Crippen LogP contribution is -2.21. The monoisotopic (exact) mass is 139 g/mol. The van der Waals surface area contributed by atoms with Gasteiger partial charge in [-0.2, -0.15) is 5.48 Å². The van der Waals surface area contributed by atoms with Gasteiger partial charge in [0, 0.05) is 5.92 Å².